The van der Waals surface area contributed by atoms with Crippen molar-refractivity contribution in [2.24, 2.45) is 0 Å². The van der Waals surface area contributed by atoms with Crippen LogP contribution in [0.15, 0.2) is 48.8 Å². The Hall–Kier alpha value is -2.56. The number of nitrogens with two attached hydrogens (primary N) is 1. The van der Waals surface area contributed by atoms with Crippen LogP contribution in [0.1, 0.15) is 11.8 Å². The number of nitrogen functional groups attached to an aromatic ring is 1. The Balaban J connectivity index is 1.55. The number of aliphatic hydroxyl groups excluding tert-OH is 2. The maximum absolute atomic E-state index is 14.1. The molecule has 1 aliphatic heterocycles. The summed E-state index contributed by atoms with van der Waals surface area (Å²) in [6.07, 6.45) is -3.08. The summed E-state index contributed by atoms with van der Waals surface area (Å²) in [7, 11) is -3.68. The van der Waals surface area contributed by atoms with E-state index in [0.29, 0.717) is 17.0 Å². The topological polar surface area (TPSA) is 141 Å². The van der Waals surface area contributed by atoms with E-state index in [1.165, 1.54) is 17.5 Å². The van der Waals surface area contributed by atoms with Gasteiger partial charge in [-0.05, 0) is 24.3 Å². The van der Waals surface area contributed by atoms with Gasteiger partial charge in [0, 0.05) is 6.66 Å². The van der Waals surface area contributed by atoms with Crippen molar-refractivity contribution < 1.29 is 33.0 Å². The lowest BCUT2D eigenvalue weighted by molar-refractivity contribution is -0.119. The first-order valence-electron chi connectivity index (χ1n) is 9.41. The number of hydrogen-bond acceptors (Lipinski definition) is 9. The number of hydrogen-bond donors (Lipinski definition) is 3. The molecule has 5 atom stereocenters. The molecule has 0 bridgehead atoms. The average molecular weight is 452 g/mol. The van der Waals surface area contributed by atoms with Gasteiger partial charge in [-0.25, -0.2) is 18.5 Å². The summed E-state index contributed by atoms with van der Waals surface area (Å²) < 4.78 is 44.7. The van der Waals surface area contributed by atoms with E-state index < -0.39 is 44.8 Å². The van der Waals surface area contributed by atoms with Crippen molar-refractivity contribution in [1.82, 2.24) is 14.6 Å². The van der Waals surface area contributed by atoms with Crippen molar-refractivity contribution in [3.05, 3.63) is 54.5 Å². The minimum Gasteiger partial charge on any atom is -0.425 e. The van der Waals surface area contributed by atoms with Gasteiger partial charge < -0.3 is 25.2 Å². The van der Waals surface area contributed by atoms with Crippen LogP contribution in [0.5, 0.6) is 5.75 Å². The Labute approximate surface area is 176 Å². The molecule has 0 saturated carbocycles. The van der Waals surface area contributed by atoms with Crippen molar-refractivity contribution >= 4 is 18.9 Å². The summed E-state index contributed by atoms with van der Waals surface area (Å²) in [5.41, 5.74) is 4.66. The maximum Gasteiger partial charge on any atom is 0.376 e. The van der Waals surface area contributed by atoms with Gasteiger partial charge in [-0.15, -0.1) is 0 Å². The highest BCUT2D eigenvalue weighted by molar-refractivity contribution is 7.53. The predicted octanol–water partition coefficient (Wildman–Crippen LogP) is 1.73. The minimum atomic E-state index is -3.68. The van der Waals surface area contributed by atoms with E-state index >= 15 is 0 Å². The molecule has 1 saturated heterocycles. The number of para-hydroxylation sites is 1. The van der Waals surface area contributed by atoms with Crippen LogP contribution in [0, 0.1) is 0 Å². The third-order valence-electron chi connectivity index (χ3n) is 5.12. The first kappa shape index (κ1) is 21.7. The summed E-state index contributed by atoms with van der Waals surface area (Å²) in [6, 6.07) is 11.5. The van der Waals surface area contributed by atoms with Gasteiger partial charge in [-0.1, -0.05) is 18.2 Å². The van der Waals surface area contributed by atoms with Crippen LogP contribution >= 0.6 is 7.60 Å². The van der Waals surface area contributed by atoms with E-state index in [2.05, 4.69) is 10.1 Å². The molecule has 2 aromatic heterocycles. The molecule has 1 aromatic carbocycles. The number of nitrogens with zero attached hydrogens (tertiary/aromatic N) is 3. The Morgan fingerprint density at radius 3 is 2.74 bits per heavy atom. The van der Waals surface area contributed by atoms with Crippen LogP contribution in [-0.4, -0.2) is 62.6 Å². The SMILES string of the molecule is CP(=O)(OC[C@@]1(CF)O[C@@H](c2ccc3c(N)ncnn23)[C@H](O)[C@@H]1O)Oc1ccccc1. The van der Waals surface area contributed by atoms with Crippen LogP contribution in [0.4, 0.5) is 10.2 Å². The predicted molar refractivity (Wildman–Crippen MR) is 108 cm³/mol. The Morgan fingerprint density at radius 2 is 2.03 bits per heavy atom. The molecule has 0 radical (unpaired) electrons. The fourth-order valence-corrected chi connectivity index (χ4v) is 4.50. The molecule has 1 fully saturated rings. The van der Waals surface area contributed by atoms with E-state index in [-0.39, 0.29) is 5.82 Å². The quantitative estimate of drug-likeness (QED) is 0.457. The number of rotatable bonds is 7. The van der Waals surface area contributed by atoms with Crippen molar-refractivity contribution in [1.29, 1.82) is 0 Å². The average Bonchev–Trinajstić information content (AvgIpc) is 3.28. The zero-order valence-corrected chi connectivity index (χ0v) is 17.4. The molecule has 166 valence electrons. The Morgan fingerprint density at radius 1 is 1.29 bits per heavy atom. The second-order valence-electron chi connectivity index (χ2n) is 7.32. The van der Waals surface area contributed by atoms with Crippen LogP contribution < -0.4 is 10.3 Å². The summed E-state index contributed by atoms with van der Waals surface area (Å²) in [4.78, 5) is 3.89. The summed E-state index contributed by atoms with van der Waals surface area (Å²) in [5.74, 6) is 0.518. The van der Waals surface area contributed by atoms with Crippen LogP contribution in [0.2, 0.25) is 0 Å². The number of alkyl halides is 1. The molecule has 10 nitrogen and oxygen atoms in total. The molecule has 4 rings (SSSR count). The van der Waals surface area contributed by atoms with E-state index in [1.54, 1.807) is 42.5 Å². The molecule has 1 aliphatic rings. The highest BCUT2D eigenvalue weighted by Gasteiger charge is 2.56. The zero-order chi connectivity index (χ0) is 22.2. The molecule has 0 aliphatic carbocycles. The fraction of sp³-hybridized carbons (Fsp3) is 0.368. The van der Waals surface area contributed by atoms with Gasteiger partial charge in [0.15, 0.2) is 5.82 Å². The highest BCUT2D eigenvalue weighted by Crippen LogP contribution is 2.48. The fourth-order valence-electron chi connectivity index (χ4n) is 3.49. The van der Waals surface area contributed by atoms with E-state index in [9.17, 15) is 19.2 Å². The monoisotopic (exact) mass is 452 g/mol. The third-order valence-corrected chi connectivity index (χ3v) is 6.26. The lowest BCUT2D eigenvalue weighted by Crippen LogP contribution is -2.48. The van der Waals surface area contributed by atoms with Crippen molar-refractivity contribution in [3.63, 3.8) is 0 Å². The third kappa shape index (κ3) is 4.02. The lowest BCUT2D eigenvalue weighted by Gasteiger charge is -2.29. The molecular weight excluding hydrogens is 430 g/mol. The summed E-state index contributed by atoms with van der Waals surface area (Å²) in [6.45, 7) is -0.589. The zero-order valence-electron chi connectivity index (χ0n) is 16.5. The summed E-state index contributed by atoms with van der Waals surface area (Å²) >= 11 is 0. The first-order valence-corrected chi connectivity index (χ1v) is 11.4. The Bertz CT molecular complexity index is 1120. The number of benzene rings is 1. The number of fused-ring (bicyclic) bond motifs is 1. The summed E-state index contributed by atoms with van der Waals surface area (Å²) in [5, 5.41) is 25.3. The molecule has 0 amide bonds. The second kappa shape index (κ2) is 8.18. The van der Waals surface area contributed by atoms with Gasteiger partial charge >= 0.3 is 7.60 Å². The highest BCUT2D eigenvalue weighted by atomic mass is 31.2. The number of aliphatic hydroxyl groups is 2. The molecule has 3 aromatic rings. The van der Waals surface area contributed by atoms with Crippen LogP contribution in [-0.2, 0) is 13.8 Å². The number of anilines is 1. The van der Waals surface area contributed by atoms with Gasteiger partial charge in [0.2, 0.25) is 0 Å². The first-order chi connectivity index (χ1) is 14.8. The number of ether oxygens (including phenoxy) is 1. The minimum absolute atomic E-state index is 0.208. The van der Waals surface area contributed by atoms with E-state index in [1.807, 2.05) is 0 Å². The molecule has 4 N–H and O–H groups in total. The maximum atomic E-state index is 14.1. The lowest BCUT2D eigenvalue weighted by atomic mass is 9.96. The largest absolute Gasteiger partial charge is 0.425 e. The van der Waals surface area contributed by atoms with Gasteiger partial charge in [-0.2, -0.15) is 5.10 Å². The van der Waals surface area contributed by atoms with Gasteiger partial charge in [0.05, 0.1) is 12.3 Å². The van der Waals surface area contributed by atoms with Gasteiger partial charge in [-0.3, -0.25) is 4.52 Å². The van der Waals surface area contributed by atoms with Crippen molar-refractivity contribution in [2.45, 2.75) is 23.9 Å². The normalized spacial score (nSPS) is 27.9. The standard InChI is InChI=1S/C19H22FN4O6P/c1-31(27,30-12-5-3-2-4-6-12)28-10-19(9-20)17(26)15(25)16(29-19)13-7-8-14-18(21)22-11-23-24(13)14/h2-8,11,15-17,25-26H,9-10H2,1H3,(H2,21,22,23)/t15-,16-,17-,19+,31?/m0/s1. The van der Waals surface area contributed by atoms with Crippen LogP contribution in [0.3, 0.4) is 0 Å². The van der Waals surface area contributed by atoms with E-state index in [4.69, 9.17) is 19.5 Å². The number of aromatic nitrogens is 3. The van der Waals surface area contributed by atoms with Crippen molar-refractivity contribution in [3.8, 4) is 5.75 Å². The number of halogens is 1. The van der Waals surface area contributed by atoms with Crippen LogP contribution in [0.25, 0.3) is 5.52 Å². The molecule has 1 unspecified atom stereocenters. The van der Waals surface area contributed by atoms with Gasteiger partial charge in [0.1, 0.15) is 48.2 Å². The molecule has 0 spiro atoms. The smallest absolute Gasteiger partial charge is 0.376 e. The van der Waals surface area contributed by atoms with Gasteiger partial charge in [0.25, 0.3) is 0 Å². The molecule has 12 heteroatoms. The molecular formula is C19H22FN4O6P. The Kier molecular flexibility index (Phi) is 5.71. The van der Waals surface area contributed by atoms with E-state index in [0.717, 1.165) is 0 Å². The molecule has 3 heterocycles. The van der Waals surface area contributed by atoms with Crippen molar-refractivity contribution in [2.75, 3.05) is 25.7 Å². The second-order valence-corrected chi connectivity index (χ2v) is 9.31. The molecule has 31 heavy (non-hydrogen) atoms.